The van der Waals surface area contributed by atoms with Gasteiger partial charge in [0.05, 0.1) is 17.5 Å². The molecule has 5 nitrogen and oxygen atoms in total. The van der Waals surface area contributed by atoms with Gasteiger partial charge < -0.3 is 9.51 Å². The zero-order valence-electron chi connectivity index (χ0n) is 9.32. The third kappa shape index (κ3) is 1.62. The van der Waals surface area contributed by atoms with Crippen LogP contribution in [0.5, 0.6) is 0 Å². The van der Waals surface area contributed by atoms with E-state index in [2.05, 4.69) is 9.97 Å². The van der Waals surface area contributed by atoms with Gasteiger partial charge in [-0.25, -0.2) is 14.8 Å². The largest absolute Gasteiger partial charge is 0.477 e. The average molecular weight is 239 g/mol. The van der Waals surface area contributed by atoms with E-state index in [1.165, 1.54) is 6.07 Å². The number of carboxylic acids is 1. The number of hydrogen-bond acceptors (Lipinski definition) is 3. The molecule has 0 aromatic carbocycles. The first-order chi connectivity index (χ1) is 8.75. The Kier molecular flexibility index (Phi) is 2.30. The van der Waals surface area contributed by atoms with Gasteiger partial charge in [0, 0.05) is 18.0 Å². The number of carboxylic acid groups (broad SMARTS) is 1. The first-order valence-electron chi connectivity index (χ1n) is 5.37. The van der Waals surface area contributed by atoms with Gasteiger partial charge in [-0.3, -0.25) is 0 Å². The van der Waals surface area contributed by atoms with Crippen molar-refractivity contribution in [1.29, 1.82) is 0 Å². The molecule has 0 unspecified atom stereocenters. The molecule has 3 heterocycles. The highest BCUT2D eigenvalue weighted by molar-refractivity contribution is 5.87. The summed E-state index contributed by atoms with van der Waals surface area (Å²) in [6.45, 7) is 0. The highest BCUT2D eigenvalue weighted by Gasteiger charge is 2.09. The van der Waals surface area contributed by atoms with Gasteiger partial charge in [-0.2, -0.15) is 0 Å². The van der Waals surface area contributed by atoms with Crippen molar-refractivity contribution in [3.8, 4) is 11.3 Å². The minimum Gasteiger partial charge on any atom is -0.477 e. The van der Waals surface area contributed by atoms with Crippen molar-refractivity contribution in [3.63, 3.8) is 0 Å². The Morgan fingerprint density at radius 1 is 1.22 bits per heavy atom. The number of aromatic nitrogens is 3. The van der Waals surface area contributed by atoms with Crippen LogP contribution in [0.15, 0.2) is 49.1 Å². The van der Waals surface area contributed by atoms with Crippen LogP contribution in [0.3, 0.4) is 0 Å². The summed E-state index contributed by atoms with van der Waals surface area (Å²) in [5, 5.41) is 8.94. The van der Waals surface area contributed by atoms with Gasteiger partial charge in [-0.15, -0.1) is 0 Å². The summed E-state index contributed by atoms with van der Waals surface area (Å²) in [7, 11) is 0. The molecule has 0 bridgehead atoms. The monoisotopic (exact) mass is 239 g/mol. The topological polar surface area (TPSA) is 67.5 Å². The molecular formula is C13H9N3O2. The van der Waals surface area contributed by atoms with E-state index >= 15 is 0 Å². The van der Waals surface area contributed by atoms with Crippen LogP contribution in [-0.4, -0.2) is 25.4 Å². The Morgan fingerprint density at radius 2 is 2.11 bits per heavy atom. The number of fused-ring (bicyclic) bond motifs is 1. The number of carbonyl (C=O) groups is 1. The molecule has 0 aliphatic rings. The first-order valence-corrected chi connectivity index (χ1v) is 5.37. The van der Waals surface area contributed by atoms with Crippen molar-refractivity contribution < 1.29 is 9.90 Å². The summed E-state index contributed by atoms with van der Waals surface area (Å²) in [5.74, 6) is -1.03. The number of rotatable bonds is 2. The molecule has 0 radical (unpaired) electrons. The van der Waals surface area contributed by atoms with E-state index in [0.717, 1.165) is 11.1 Å². The Morgan fingerprint density at radius 3 is 2.94 bits per heavy atom. The third-order valence-electron chi connectivity index (χ3n) is 2.71. The van der Waals surface area contributed by atoms with Crippen molar-refractivity contribution in [2.45, 2.75) is 0 Å². The Bertz CT molecular complexity index is 734. The number of pyridine rings is 1. The first kappa shape index (κ1) is 10.5. The van der Waals surface area contributed by atoms with Crippen LogP contribution >= 0.6 is 0 Å². The molecule has 0 saturated heterocycles. The molecular weight excluding hydrogens is 230 g/mol. The SMILES string of the molecule is O=C(O)c1cccc(-c2ccn3cnccc23)n1. The van der Waals surface area contributed by atoms with Gasteiger partial charge in [-0.05, 0) is 24.3 Å². The Labute approximate surface area is 102 Å². The van der Waals surface area contributed by atoms with Crippen LogP contribution in [0.4, 0.5) is 0 Å². The second-order valence-corrected chi connectivity index (χ2v) is 3.82. The summed E-state index contributed by atoms with van der Waals surface area (Å²) in [5.41, 5.74) is 2.52. The van der Waals surface area contributed by atoms with Crippen molar-refractivity contribution >= 4 is 11.5 Å². The van der Waals surface area contributed by atoms with Crippen LogP contribution in [0.1, 0.15) is 10.5 Å². The van der Waals surface area contributed by atoms with Gasteiger partial charge in [0.15, 0.2) is 0 Å². The zero-order chi connectivity index (χ0) is 12.5. The molecule has 0 fully saturated rings. The third-order valence-corrected chi connectivity index (χ3v) is 2.71. The minimum atomic E-state index is -1.03. The second-order valence-electron chi connectivity index (χ2n) is 3.82. The van der Waals surface area contributed by atoms with Crippen LogP contribution in [0.2, 0.25) is 0 Å². The predicted molar refractivity (Wildman–Crippen MR) is 65.4 cm³/mol. The Balaban J connectivity index is 2.20. The fourth-order valence-corrected chi connectivity index (χ4v) is 1.88. The van der Waals surface area contributed by atoms with Crippen molar-refractivity contribution in [2.75, 3.05) is 0 Å². The van der Waals surface area contributed by atoms with Gasteiger partial charge in [0.1, 0.15) is 5.69 Å². The summed E-state index contributed by atoms with van der Waals surface area (Å²) in [6, 6.07) is 8.72. The predicted octanol–water partition coefficient (Wildman–Crippen LogP) is 2.09. The molecule has 0 amide bonds. The lowest BCUT2D eigenvalue weighted by Crippen LogP contribution is -2.00. The highest BCUT2D eigenvalue weighted by Crippen LogP contribution is 2.23. The summed E-state index contributed by atoms with van der Waals surface area (Å²) >= 11 is 0. The summed E-state index contributed by atoms with van der Waals surface area (Å²) < 4.78 is 1.87. The van der Waals surface area contributed by atoms with Crippen molar-refractivity contribution in [3.05, 3.63) is 54.7 Å². The van der Waals surface area contributed by atoms with Gasteiger partial charge >= 0.3 is 5.97 Å². The smallest absolute Gasteiger partial charge is 0.354 e. The highest BCUT2D eigenvalue weighted by atomic mass is 16.4. The zero-order valence-corrected chi connectivity index (χ0v) is 9.32. The van der Waals surface area contributed by atoms with Crippen molar-refractivity contribution in [1.82, 2.24) is 14.4 Å². The summed E-state index contributed by atoms with van der Waals surface area (Å²) in [6.07, 6.45) is 5.26. The molecule has 0 saturated carbocycles. The van der Waals surface area contributed by atoms with E-state index < -0.39 is 5.97 Å². The lowest BCUT2D eigenvalue weighted by Gasteiger charge is -2.01. The molecule has 3 aromatic heterocycles. The van der Waals surface area contributed by atoms with Gasteiger partial charge in [-0.1, -0.05) is 6.07 Å². The molecule has 5 heteroatoms. The lowest BCUT2D eigenvalue weighted by atomic mass is 10.1. The van der Waals surface area contributed by atoms with E-state index in [1.807, 2.05) is 22.7 Å². The van der Waals surface area contributed by atoms with Crippen LogP contribution in [0.25, 0.3) is 16.8 Å². The molecule has 3 rings (SSSR count). The standard InChI is InChI=1S/C13H9N3O2/c17-13(18)11-3-1-2-10(15-11)9-5-7-16-8-14-6-4-12(9)16/h1-8H,(H,17,18). The maximum atomic E-state index is 10.9. The van der Waals surface area contributed by atoms with Gasteiger partial charge in [0.25, 0.3) is 0 Å². The Hall–Kier alpha value is -2.69. The molecule has 0 atom stereocenters. The van der Waals surface area contributed by atoms with Crippen molar-refractivity contribution in [2.24, 2.45) is 0 Å². The molecule has 88 valence electrons. The fourth-order valence-electron chi connectivity index (χ4n) is 1.88. The van der Waals surface area contributed by atoms with E-state index in [9.17, 15) is 4.79 Å². The average Bonchev–Trinajstić information content (AvgIpc) is 2.82. The molecule has 0 aliphatic carbocycles. The summed E-state index contributed by atoms with van der Waals surface area (Å²) in [4.78, 5) is 19.1. The second kappa shape index (κ2) is 3.96. The van der Waals surface area contributed by atoms with E-state index in [-0.39, 0.29) is 5.69 Å². The molecule has 3 aromatic rings. The molecule has 0 aliphatic heterocycles. The minimum absolute atomic E-state index is 0.0425. The number of hydrogen-bond donors (Lipinski definition) is 1. The molecule has 18 heavy (non-hydrogen) atoms. The quantitative estimate of drug-likeness (QED) is 0.743. The van der Waals surface area contributed by atoms with Crippen LogP contribution in [0, 0.1) is 0 Å². The molecule has 0 spiro atoms. The molecule has 1 N–H and O–H groups in total. The van der Waals surface area contributed by atoms with Crippen LogP contribution in [-0.2, 0) is 0 Å². The maximum Gasteiger partial charge on any atom is 0.354 e. The van der Waals surface area contributed by atoms with E-state index in [4.69, 9.17) is 5.11 Å². The van der Waals surface area contributed by atoms with Gasteiger partial charge in [0.2, 0.25) is 0 Å². The maximum absolute atomic E-state index is 10.9. The number of nitrogens with zero attached hydrogens (tertiary/aromatic N) is 3. The van der Waals surface area contributed by atoms with E-state index in [1.54, 1.807) is 24.7 Å². The normalized spacial score (nSPS) is 10.7. The fraction of sp³-hybridized carbons (Fsp3) is 0. The lowest BCUT2D eigenvalue weighted by molar-refractivity contribution is 0.0690. The van der Waals surface area contributed by atoms with E-state index in [0.29, 0.717) is 5.69 Å². The number of aromatic carboxylic acids is 1. The van der Waals surface area contributed by atoms with Crippen LogP contribution < -0.4 is 0 Å².